The average molecular weight is 413 g/mol. The van der Waals surface area contributed by atoms with Crippen molar-refractivity contribution >= 4 is 95.9 Å². The molecule has 4 heteroatoms. The molecule has 1 nitrogen and oxygen atoms in total. The van der Waals surface area contributed by atoms with E-state index in [0.29, 0.717) is 5.75 Å². The summed E-state index contributed by atoms with van der Waals surface area (Å²) in [7, 11) is 0. The molecule has 0 bridgehead atoms. The third-order valence-corrected chi connectivity index (χ3v) is 8.67. The van der Waals surface area contributed by atoms with Crippen LogP contribution in [0.15, 0.2) is 65.4 Å². The fourth-order valence-corrected chi connectivity index (χ4v) is 7.20. The molecule has 0 spiro atoms. The number of hydrogen-bond acceptors (Lipinski definition) is 4. The van der Waals surface area contributed by atoms with E-state index in [-0.39, 0.29) is 0 Å². The van der Waals surface area contributed by atoms with Crippen LogP contribution in [0.2, 0.25) is 0 Å². The van der Waals surface area contributed by atoms with Crippen LogP contribution in [-0.4, -0.2) is 5.11 Å². The van der Waals surface area contributed by atoms with Crippen LogP contribution in [0, 0.1) is 0 Å². The van der Waals surface area contributed by atoms with Gasteiger partial charge in [0.1, 0.15) is 5.75 Å². The standard InChI is InChI=1S/C24H12OS3/c25-20-11-27-22-9-14-6-18-16-2-1-12-8-21-13(3-4-26-21)5-17(12)24(16)28-23(18)10-15(14)7-19(20)22/h1-11,25H. The minimum Gasteiger partial charge on any atom is -0.506 e. The van der Waals surface area contributed by atoms with Crippen LogP contribution < -0.4 is 0 Å². The zero-order chi connectivity index (χ0) is 18.4. The van der Waals surface area contributed by atoms with E-state index in [2.05, 4.69) is 60.0 Å². The van der Waals surface area contributed by atoms with Crippen LogP contribution in [0.25, 0.3) is 61.9 Å². The molecule has 7 aromatic rings. The molecular formula is C24H12OS3. The Bertz CT molecular complexity index is 1730. The highest BCUT2D eigenvalue weighted by atomic mass is 32.1. The maximum absolute atomic E-state index is 10.1. The first-order valence-electron chi connectivity index (χ1n) is 9.05. The molecule has 132 valence electrons. The molecule has 0 amide bonds. The topological polar surface area (TPSA) is 20.2 Å². The molecular weight excluding hydrogens is 400 g/mol. The Morgan fingerprint density at radius 3 is 2.29 bits per heavy atom. The van der Waals surface area contributed by atoms with E-state index < -0.39 is 0 Å². The third kappa shape index (κ3) is 1.95. The molecule has 0 aliphatic rings. The highest BCUT2D eigenvalue weighted by Crippen LogP contribution is 2.43. The lowest BCUT2D eigenvalue weighted by molar-refractivity contribution is 0.484. The summed E-state index contributed by atoms with van der Waals surface area (Å²) in [4.78, 5) is 0. The van der Waals surface area contributed by atoms with Crippen LogP contribution in [0.1, 0.15) is 0 Å². The van der Waals surface area contributed by atoms with Crippen molar-refractivity contribution in [2.75, 3.05) is 0 Å². The maximum Gasteiger partial charge on any atom is 0.134 e. The SMILES string of the molecule is Oc1csc2cc3cc4c(cc3cc12)sc1c2cc3ccsc3cc2ccc41. The molecule has 0 aliphatic heterocycles. The summed E-state index contributed by atoms with van der Waals surface area (Å²) in [6.45, 7) is 0. The smallest absolute Gasteiger partial charge is 0.134 e. The second-order valence-electron chi connectivity index (χ2n) is 7.24. The molecule has 0 radical (unpaired) electrons. The summed E-state index contributed by atoms with van der Waals surface area (Å²) < 4.78 is 5.14. The first kappa shape index (κ1) is 15.3. The lowest BCUT2D eigenvalue weighted by atomic mass is 10.0. The second-order valence-corrected chi connectivity index (χ2v) is 10.2. The van der Waals surface area contributed by atoms with Gasteiger partial charge in [-0.15, -0.1) is 34.0 Å². The van der Waals surface area contributed by atoms with Gasteiger partial charge in [-0.25, -0.2) is 0 Å². The third-order valence-electron chi connectivity index (χ3n) is 5.66. The quantitative estimate of drug-likeness (QED) is 0.265. The van der Waals surface area contributed by atoms with Crippen molar-refractivity contribution < 1.29 is 5.11 Å². The van der Waals surface area contributed by atoms with E-state index in [9.17, 15) is 5.11 Å². The van der Waals surface area contributed by atoms with Crippen molar-refractivity contribution in [2.45, 2.75) is 0 Å². The minimum atomic E-state index is 0.379. The first-order chi connectivity index (χ1) is 13.7. The predicted molar refractivity (Wildman–Crippen MR) is 127 cm³/mol. The summed E-state index contributed by atoms with van der Waals surface area (Å²) in [6, 6.07) is 20.3. The van der Waals surface area contributed by atoms with Gasteiger partial charge in [-0.3, -0.25) is 0 Å². The fraction of sp³-hybridized carbons (Fsp3) is 0. The zero-order valence-corrected chi connectivity index (χ0v) is 17.0. The van der Waals surface area contributed by atoms with Crippen LogP contribution in [-0.2, 0) is 0 Å². The number of aromatic hydroxyl groups is 1. The summed E-state index contributed by atoms with van der Waals surface area (Å²) in [5, 5.41) is 24.1. The van der Waals surface area contributed by atoms with Crippen LogP contribution in [0.3, 0.4) is 0 Å². The molecule has 7 rings (SSSR count). The van der Waals surface area contributed by atoms with Crippen LogP contribution in [0.5, 0.6) is 5.75 Å². The average Bonchev–Trinajstić information content (AvgIpc) is 3.40. The molecule has 1 N–H and O–H groups in total. The van der Waals surface area contributed by atoms with Crippen molar-refractivity contribution in [3.63, 3.8) is 0 Å². The second kappa shape index (κ2) is 5.23. The van der Waals surface area contributed by atoms with Crippen molar-refractivity contribution in [3.8, 4) is 5.75 Å². The Morgan fingerprint density at radius 1 is 0.571 bits per heavy atom. The van der Waals surface area contributed by atoms with E-state index in [1.807, 2.05) is 16.7 Å². The molecule has 3 aromatic heterocycles. The van der Waals surface area contributed by atoms with Gasteiger partial charge in [0.25, 0.3) is 0 Å². The van der Waals surface area contributed by atoms with E-state index in [0.717, 1.165) is 10.1 Å². The van der Waals surface area contributed by atoms with Gasteiger partial charge >= 0.3 is 0 Å². The predicted octanol–water partition coefficient (Wildman–Crippen LogP) is 8.50. The van der Waals surface area contributed by atoms with E-state index in [1.54, 1.807) is 22.7 Å². The number of thiophene rings is 3. The number of fused-ring (bicyclic) bond motifs is 8. The Kier molecular flexibility index (Phi) is 2.86. The van der Waals surface area contributed by atoms with Gasteiger partial charge in [-0.1, -0.05) is 12.1 Å². The molecule has 0 unspecified atom stereocenters. The maximum atomic E-state index is 10.1. The molecule has 0 saturated carbocycles. The van der Waals surface area contributed by atoms with E-state index >= 15 is 0 Å². The number of hydrogen-bond donors (Lipinski definition) is 1. The first-order valence-corrected chi connectivity index (χ1v) is 11.6. The molecule has 0 atom stereocenters. The van der Waals surface area contributed by atoms with Gasteiger partial charge in [-0.05, 0) is 69.4 Å². The largest absolute Gasteiger partial charge is 0.506 e. The molecule has 0 saturated heterocycles. The number of rotatable bonds is 0. The Labute approximate surface area is 171 Å². The van der Waals surface area contributed by atoms with E-state index in [4.69, 9.17) is 0 Å². The van der Waals surface area contributed by atoms with Gasteiger partial charge in [0.2, 0.25) is 0 Å². The molecule has 0 aliphatic carbocycles. The molecule has 28 heavy (non-hydrogen) atoms. The molecule has 3 heterocycles. The van der Waals surface area contributed by atoms with Crippen molar-refractivity contribution in [1.29, 1.82) is 0 Å². The number of benzene rings is 4. The summed E-state index contributed by atoms with van der Waals surface area (Å²) in [5.74, 6) is 0.379. The normalized spacial score (nSPS) is 12.4. The highest BCUT2D eigenvalue weighted by molar-refractivity contribution is 7.26. The van der Waals surface area contributed by atoms with Crippen molar-refractivity contribution in [2.24, 2.45) is 0 Å². The van der Waals surface area contributed by atoms with Gasteiger partial charge in [0.05, 0.1) is 0 Å². The summed E-state index contributed by atoms with van der Waals surface area (Å²) >= 11 is 5.27. The highest BCUT2D eigenvalue weighted by Gasteiger charge is 2.12. The monoisotopic (exact) mass is 412 g/mol. The summed E-state index contributed by atoms with van der Waals surface area (Å²) in [6.07, 6.45) is 0. The summed E-state index contributed by atoms with van der Waals surface area (Å²) in [5.41, 5.74) is 0. The lowest BCUT2D eigenvalue weighted by Gasteiger charge is -2.02. The minimum absolute atomic E-state index is 0.379. The van der Waals surface area contributed by atoms with Crippen molar-refractivity contribution in [3.05, 3.63) is 65.4 Å². The van der Waals surface area contributed by atoms with Crippen LogP contribution >= 0.6 is 34.0 Å². The Balaban J connectivity index is 1.64. The van der Waals surface area contributed by atoms with E-state index in [1.165, 1.54) is 51.8 Å². The Morgan fingerprint density at radius 2 is 1.36 bits per heavy atom. The lowest BCUT2D eigenvalue weighted by Crippen LogP contribution is -1.75. The molecule has 4 aromatic carbocycles. The van der Waals surface area contributed by atoms with Gasteiger partial charge in [0, 0.05) is 45.7 Å². The van der Waals surface area contributed by atoms with Crippen LogP contribution in [0.4, 0.5) is 0 Å². The van der Waals surface area contributed by atoms with Gasteiger partial charge in [0.15, 0.2) is 0 Å². The zero-order valence-electron chi connectivity index (χ0n) is 14.5. The van der Waals surface area contributed by atoms with Gasteiger partial charge in [-0.2, -0.15) is 0 Å². The van der Waals surface area contributed by atoms with Crippen molar-refractivity contribution in [1.82, 2.24) is 0 Å². The Hall–Kier alpha value is -2.66. The fourth-order valence-electron chi connectivity index (χ4n) is 4.27. The van der Waals surface area contributed by atoms with Gasteiger partial charge < -0.3 is 5.11 Å². The molecule has 0 fully saturated rings.